The third-order valence-electron chi connectivity index (χ3n) is 4.71. The average molecular weight is 486 g/mol. The number of carbonyl (C=O) groups excluding carboxylic acids is 2. The van der Waals surface area contributed by atoms with Crippen LogP contribution in [0, 0.1) is 0 Å². The highest BCUT2D eigenvalue weighted by molar-refractivity contribution is 7.92. The zero-order valence-electron chi connectivity index (χ0n) is 17.5. The molecule has 0 fully saturated rings. The summed E-state index contributed by atoms with van der Waals surface area (Å²) < 4.78 is 25.9. The van der Waals surface area contributed by atoms with E-state index in [0.29, 0.717) is 22.0 Å². The normalized spacial score (nSPS) is 12.2. The van der Waals surface area contributed by atoms with Crippen LogP contribution in [0.2, 0.25) is 10.0 Å². The topological polar surface area (TPSA) is 86.8 Å². The first kappa shape index (κ1) is 25.0. The zero-order valence-corrected chi connectivity index (χ0v) is 19.8. The third-order valence-corrected chi connectivity index (χ3v) is 6.45. The summed E-state index contributed by atoms with van der Waals surface area (Å²) in [6.07, 6.45) is 1.35. The smallest absolute Gasteiger partial charge is 0.244 e. The number of halogens is 2. The number of sulfonamides is 1. The molecular formula is C21H25Cl2N3O4S. The van der Waals surface area contributed by atoms with Crippen LogP contribution in [0.4, 0.5) is 5.69 Å². The lowest BCUT2D eigenvalue weighted by molar-refractivity contribution is -0.140. The van der Waals surface area contributed by atoms with E-state index >= 15 is 0 Å². The number of hydrogen-bond acceptors (Lipinski definition) is 4. The molecule has 2 rings (SSSR count). The number of likely N-dealkylation sites (N-methyl/N-ethyl adjacent to an activating group) is 1. The van der Waals surface area contributed by atoms with Crippen LogP contribution in [0.5, 0.6) is 0 Å². The summed E-state index contributed by atoms with van der Waals surface area (Å²) in [5.74, 6) is -0.891. The van der Waals surface area contributed by atoms with Crippen LogP contribution in [0.1, 0.15) is 18.9 Å². The van der Waals surface area contributed by atoms with Gasteiger partial charge in [-0.3, -0.25) is 13.9 Å². The third kappa shape index (κ3) is 6.59. The predicted molar refractivity (Wildman–Crippen MR) is 124 cm³/mol. The molecule has 0 radical (unpaired) electrons. The largest absolute Gasteiger partial charge is 0.357 e. The number of benzene rings is 2. The first-order valence-electron chi connectivity index (χ1n) is 9.56. The highest BCUT2D eigenvalue weighted by Gasteiger charge is 2.31. The Morgan fingerprint density at radius 2 is 1.77 bits per heavy atom. The van der Waals surface area contributed by atoms with Gasteiger partial charge in [-0.25, -0.2) is 8.42 Å². The maximum absolute atomic E-state index is 13.4. The number of nitrogens with one attached hydrogen (secondary N) is 1. The Morgan fingerprint density at radius 3 is 2.32 bits per heavy atom. The minimum absolute atomic E-state index is 0.0532. The number of amides is 2. The number of hydrogen-bond donors (Lipinski definition) is 1. The van der Waals surface area contributed by atoms with E-state index in [1.807, 2.05) is 0 Å². The summed E-state index contributed by atoms with van der Waals surface area (Å²) >= 11 is 12.3. The Bertz CT molecular complexity index is 1050. The molecule has 0 aliphatic rings. The summed E-state index contributed by atoms with van der Waals surface area (Å²) in [5, 5.41) is 3.34. The van der Waals surface area contributed by atoms with Gasteiger partial charge in [0.1, 0.15) is 12.6 Å². The van der Waals surface area contributed by atoms with E-state index in [1.54, 1.807) is 49.4 Å². The van der Waals surface area contributed by atoms with Crippen molar-refractivity contribution in [2.45, 2.75) is 25.9 Å². The van der Waals surface area contributed by atoms with Crippen LogP contribution < -0.4 is 9.62 Å². The van der Waals surface area contributed by atoms with Gasteiger partial charge >= 0.3 is 0 Å². The van der Waals surface area contributed by atoms with Crippen LogP contribution in [0.3, 0.4) is 0 Å². The van der Waals surface area contributed by atoms with Gasteiger partial charge in [0.25, 0.3) is 0 Å². The van der Waals surface area contributed by atoms with Crippen LogP contribution in [-0.4, -0.2) is 51.0 Å². The molecule has 7 nitrogen and oxygen atoms in total. The quantitative estimate of drug-likeness (QED) is 0.589. The fraction of sp³-hybridized carbons (Fsp3) is 0.333. The number of anilines is 1. The molecule has 0 saturated carbocycles. The minimum atomic E-state index is -3.80. The van der Waals surface area contributed by atoms with Crippen molar-refractivity contribution in [3.05, 3.63) is 64.1 Å². The van der Waals surface area contributed by atoms with Crippen LogP contribution in [0.15, 0.2) is 48.5 Å². The molecule has 0 bridgehead atoms. The van der Waals surface area contributed by atoms with Gasteiger partial charge in [-0.1, -0.05) is 54.4 Å². The van der Waals surface area contributed by atoms with E-state index in [1.165, 1.54) is 18.0 Å². The van der Waals surface area contributed by atoms with E-state index < -0.39 is 28.5 Å². The molecule has 168 valence electrons. The number of rotatable bonds is 9. The van der Waals surface area contributed by atoms with Gasteiger partial charge in [0.05, 0.1) is 11.9 Å². The molecule has 0 aliphatic heterocycles. The second-order valence-corrected chi connectivity index (χ2v) is 9.65. The molecule has 31 heavy (non-hydrogen) atoms. The Kier molecular flexibility index (Phi) is 8.73. The molecule has 0 aliphatic carbocycles. The SMILES string of the molecule is CC[C@@H](C(=O)NC)N(Cc1ccccc1Cl)C(=O)CN(c1cccc(Cl)c1)S(C)(=O)=O. The van der Waals surface area contributed by atoms with Crippen LogP contribution in [-0.2, 0) is 26.2 Å². The van der Waals surface area contributed by atoms with Crippen molar-refractivity contribution in [1.29, 1.82) is 0 Å². The predicted octanol–water partition coefficient (Wildman–Crippen LogP) is 3.31. The van der Waals surface area contributed by atoms with Gasteiger partial charge in [0.15, 0.2) is 0 Å². The van der Waals surface area contributed by atoms with Crippen molar-refractivity contribution in [3.8, 4) is 0 Å². The molecule has 2 amide bonds. The van der Waals surface area contributed by atoms with Gasteiger partial charge in [-0.15, -0.1) is 0 Å². The van der Waals surface area contributed by atoms with Crippen LogP contribution >= 0.6 is 23.2 Å². The van der Waals surface area contributed by atoms with Crippen molar-refractivity contribution in [3.63, 3.8) is 0 Å². The second-order valence-electron chi connectivity index (χ2n) is 6.90. The molecule has 10 heteroatoms. The molecule has 0 aromatic heterocycles. The molecule has 1 N–H and O–H groups in total. The van der Waals surface area contributed by atoms with Gasteiger partial charge in [-0.2, -0.15) is 0 Å². The number of carbonyl (C=O) groups is 2. The molecule has 1 atom stereocenters. The van der Waals surface area contributed by atoms with E-state index in [9.17, 15) is 18.0 Å². The molecule has 0 spiro atoms. The monoisotopic (exact) mass is 485 g/mol. The summed E-state index contributed by atoms with van der Waals surface area (Å²) in [6.45, 7) is 1.34. The first-order valence-corrected chi connectivity index (χ1v) is 12.2. The van der Waals surface area contributed by atoms with Crippen LogP contribution in [0.25, 0.3) is 0 Å². The van der Waals surface area contributed by atoms with Crippen molar-refractivity contribution >= 4 is 50.7 Å². The van der Waals surface area contributed by atoms with Gasteiger partial charge in [0.2, 0.25) is 21.8 Å². The van der Waals surface area contributed by atoms with E-state index in [0.717, 1.165) is 10.6 Å². The second kappa shape index (κ2) is 10.8. The number of nitrogens with zero attached hydrogens (tertiary/aromatic N) is 2. The van der Waals surface area contributed by atoms with E-state index in [-0.39, 0.29) is 18.1 Å². The maximum atomic E-state index is 13.4. The lowest BCUT2D eigenvalue weighted by Crippen LogP contribution is -2.51. The Hall–Kier alpha value is -2.29. The van der Waals surface area contributed by atoms with Crippen molar-refractivity contribution < 1.29 is 18.0 Å². The molecule has 0 heterocycles. The molecule has 2 aromatic carbocycles. The summed E-state index contributed by atoms with van der Waals surface area (Å²) in [7, 11) is -2.32. The zero-order chi connectivity index (χ0) is 23.2. The Labute approximate surface area is 193 Å². The first-order chi connectivity index (χ1) is 14.6. The Morgan fingerprint density at radius 1 is 1.10 bits per heavy atom. The molecule has 0 saturated heterocycles. The van der Waals surface area contributed by atoms with Gasteiger partial charge in [-0.05, 0) is 36.2 Å². The summed E-state index contributed by atoms with van der Waals surface area (Å²) in [5.41, 5.74) is 0.905. The van der Waals surface area contributed by atoms with Crippen molar-refractivity contribution in [1.82, 2.24) is 10.2 Å². The maximum Gasteiger partial charge on any atom is 0.244 e. The van der Waals surface area contributed by atoms with Crippen molar-refractivity contribution in [2.75, 3.05) is 24.2 Å². The summed E-state index contributed by atoms with van der Waals surface area (Å²) in [4.78, 5) is 27.2. The Balaban J connectivity index is 2.44. The minimum Gasteiger partial charge on any atom is -0.357 e. The fourth-order valence-electron chi connectivity index (χ4n) is 3.14. The molecular weight excluding hydrogens is 461 g/mol. The van der Waals surface area contributed by atoms with Gasteiger partial charge in [0, 0.05) is 23.6 Å². The van der Waals surface area contributed by atoms with E-state index in [4.69, 9.17) is 23.2 Å². The highest BCUT2D eigenvalue weighted by Crippen LogP contribution is 2.24. The standard InChI is InChI=1S/C21H25Cl2N3O4S/c1-4-19(21(28)24-2)25(13-15-8-5-6-11-18(15)23)20(27)14-26(31(3,29)30)17-10-7-9-16(22)12-17/h5-12,19H,4,13-14H2,1-3H3,(H,24,28)/t19-/m0/s1. The molecule has 0 unspecified atom stereocenters. The average Bonchev–Trinajstić information content (AvgIpc) is 2.71. The summed E-state index contributed by atoms with van der Waals surface area (Å²) in [6, 6.07) is 12.4. The van der Waals surface area contributed by atoms with Gasteiger partial charge < -0.3 is 10.2 Å². The van der Waals surface area contributed by atoms with E-state index in [2.05, 4.69) is 5.32 Å². The lowest BCUT2D eigenvalue weighted by Gasteiger charge is -2.32. The highest BCUT2D eigenvalue weighted by atomic mass is 35.5. The van der Waals surface area contributed by atoms with Crippen molar-refractivity contribution in [2.24, 2.45) is 0 Å². The fourth-order valence-corrected chi connectivity index (χ4v) is 4.36. The molecule has 2 aromatic rings. The lowest BCUT2D eigenvalue weighted by atomic mass is 10.1.